The number of para-hydroxylation sites is 1. The smallest absolute Gasteiger partial charge is 0.290 e. The summed E-state index contributed by atoms with van der Waals surface area (Å²) < 4.78 is 16.9. The lowest BCUT2D eigenvalue weighted by molar-refractivity contribution is -0.130. The summed E-state index contributed by atoms with van der Waals surface area (Å²) in [5.74, 6) is -0.884. The van der Waals surface area contributed by atoms with Crippen molar-refractivity contribution in [3.05, 3.63) is 114 Å². The van der Waals surface area contributed by atoms with E-state index in [1.807, 2.05) is 6.07 Å². The van der Waals surface area contributed by atoms with E-state index in [-0.39, 0.29) is 17.9 Å². The number of nitrogens with zero attached hydrogens (tertiary/aromatic N) is 2. The molecule has 1 N–H and O–H groups in total. The zero-order valence-corrected chi connectivity index (χ0v) is 20.1. The van der Waals surface area contributed by atoms with E-state index in [2.05, 4.69) is 11.6 Å². The van der Waals surface area contributed by atoms with Crippen LogP contribution in [0, 0.1) is 0 Å². The zero-order chi connectivity index (χ0) is 25.9. The maximum absolute atomic E-state index is 13.8. The van der Waals surface area contributed by atoms with Gasteiger partial charge in [0.2, 0.25) is 5.78 Å². The molecule has 8 heteroatoms. The van der Waals surface area contributed by atoms with Crippen LogP contribution in [0.25, 0.3) is 11.0 Å². The van der Waals surface area contributed by atoms with Gasteiger partial charge in [0.1, 0.15) is 12.4 Å². The molecular formula is C29H24N2O6. The minimum atomic E-state index is -0.886. The number of benzene rings is 2. The van der Waals surface area contributed by atoms with Gasteiger partial charge in [0.15, 0.2) is 22.9 Å². The highest BCUT2D eigenvalue weighted by molar-refractivity contribution is 6.16. The van der Waals surface area contributed by atoms with Crippen LogP contribution < -0.4 is 9.47 Å². The molecule has 1 unspecified atom stereocenters. The Balaban J connectivity index is 1.60. The molecule has 37 heavy (non-hydrogen) atoms. The third kappa shape index (κ3) is 4.45. The number of amides is 1. The molecule has 0 radical (unpaired) electrons. The van der Waals surface area contributed by atoms with Crippen LogP contribution >= 0.6 is 0 Å². The lowest BCUT2D eigenvalue weighted by Gasteiger charge is -2.27. The number of carbonyl (C=O) groups is 2. The summed E-state index contributed by atoms with van der Waals surface area (Å²) in [5.41, 5.74) is 1.67. The maximum Gasteiger partial charge on any atom is 0.290 e. The van der Waals surface area contributed by atoms with Crippen LogP contribution in [-0.4, -0.2) is 40.4 Å². The first kappa shape index (κ1) is 23.9. The van der Waals surface area contributed by atoms with E-state index >= 15 is 0 Å². The number of fused-ring (bicyclic) bond motifs is 1. The van der Waals surface area contributed by atoms with Gasteiger partial charge in [-0.1, -0.05) is 43.0 Å². The Morgan fingerprint density at radius 2 is 2.03 bits per heavy atom. The minimum absolute atomic E-state index is 0.0128. The molecule has 1 amide bonds. The van der Waals surface area contributed by atoms with Crippen molar-refractivity contribution in [2.24, 2.45) is 0 Å². The monoisotopic (exact) mass is 496 g/mol. The van der Waals surface area contributed by atoms with Gasteiger partial charge in [0, 0.05) is 24.3 Å². The zero-order valence-electron chi connectivity index (χ0n) is 20.1. The molecule has 1 aliphatic heterocycles. The molecule has 5 rings (SSSR count). The largest absolute Gasteiger partial charge is 0.503 e. The molecule has 3 heterocycles. The fraction of sp³-hybridized carbons (Fsp3) is 0.138. The number of rotatable bonds is 9. The Kier molecular flexibility index (Phi) is 6.47. The highest BCUT2D eigenvalue weighted by Crippen LogP contribution is 2.41. The quantitative estimate of drug-likeness (QED) is 0.252. The third-order valence-electron chi connectivity index (χ3n) is 6.12. The van der Waals surface area contributed by atoms with E-state index in [1.165, 1.54) is 12.0 Å². The number of ketones is 1. The van der Waals surface area contributed by atoms with Gasteiger partial charge in [-0.05, 0) is 41.5 Å². The predicted molar refractivity (Wildman–Crippen MR) is 136 cm³/mol. The summed E-state index contributed by atoms with van der Waals surface area (Å²) in [6.45, 7) is 4.09. The van der Waals surface area contributed by atoms with E-state index in [0.717, 1.165) is 5.56 Å². The van der Waals surface area contributed by atoms with E-state index < -0.39 is 23.5 Å². The van der Waals surface area contributed by atoms with Crippen LogP contribution in [0.5, 0.6) is 11.5 Å². The van der Waals surface area contributed by atoms with Gasteiger partial charge in [-0.15, -0.1) is 0 Å². The van der Waals surface area contributed by atoms with Gasteiger partial charge >= 0.3 is 0 Å². The number of methoxy groups -OCH3 is 1. The molecule has 0 spiro atoms. The van der Waals surface area contributed by atoms with E-state index in [4.69, 9.17) is 13.9 Å². The first-order chi connectivity index (χ1) is 18.0. The Labute approximate surface area is 213 Å². The molecule has 0 saturated carbocycles. The summed E-state index contributed by atoms with van der Waals surface area (Å²) in [5, 5.41) is 11.7. The molecule has 4 aromatic rings. The number of ether oxygens (including phenoxy) is 2. The van der Waals surface area contributed by atoms with Gasteiger partial charge in [0.25, 0.3) is 5.91 Å². The van der Waals surface area contributed by atoms with Crippen molar-refractivity contribution in [1.82, 2.24) is 9.88 Å². The molecule has 0 saturated heterocycles. The average molecular weight is 497 g/mol. The van der Waals surface area contributed by atoms with Crippen molar-refractivity contribution >= 4 is 22.7 Å². The summed E-state index contributed by atoms with van der Waals surface area (Å²) in [6, 6.07) is 16.6. The molecule has 8 nitrogen and oxygen atoms in total. The number of Topliss-reactive ketones (excluding diaryl/α,β-unsaturated/α-hetero) is 1. The topological polar surface area (TPSA) is 102 Å². The fourth-order valence-corrected chi connectivity index (χ4v) is 4.45. The number of hydrogen-bond acceptors (Lipinski definition) is 7. The first-order valence-electron chi connectivity index (χ1n) is 11.6. The number of aliphatic hydroxyl groups excluding tert-OH is 1. The standard InChI is InChI=1S/C29H24N2O6/c1-3-13-36-21-10-4-8-19(14-21)25-24(27(33)29(34)31(25)17-18-7-6-12-30-16-18)26(32)23-15-20-9-5-11-22(35-2)28(20)37-23/h3-12,14-16,25,33H,1,13,17H2,2H3. The van der Waals surface area contributed by atoms with Crippen molar-refractivity contribution < 1.29 is 28.6 Å². The number of aromatic nitrogens is 1. The highest BCUT2D eigenvalue weighted by Gasteiger charge is 2.44. The molecule has 0 bridgehead atoms. The summed E-state index contributed by atoms with van der Waals surface area (Å²) in [7, 11) is 1.51. The van der Waals surface area contributed by atoms with Gasteiger partial charge in [-0.25, -0.2) is 0 Å². The van der Waals surface area contributed by atoms with E-state index in [0.29, 0.717) is 34.6 Å². The van der Waals surface area contributed by atoms with Crippen molar-refractivity contribution in [1.29, 1.82) is 0 Å². The Hall–Kier alpha value is -4.85. The molecular weight excluding hydrogens is 472 g/mol. The van der Waals surface area contributed by atoms with Crippen LogP contribution in [-0.2, 0) is 11.3 Å². The first-order valence-corrected chi connectivity index (χ1v) is 11.6. The fourth-order valence-electron chi connectivity index (χ4n) is 4.45. The van der Waals surface area contributed by atoms with Crippen LogP contribution in [0.1, 0.15) is 27.7 Å². The normalized spacial score (nSPS) is 15.3. The van der Waals surface area contributed by atoms with E-state index in [1.54, 1.807) is 73.1 Å². The maximum atomic E-state index is 13.8. The lowest BCUT2D eigenvalue weighted by atomic mass is 9.94. The molecule has 186 valence electrons. The molecule has 1 aliphatic rings. The van der Waals surface area contributed by atoms with Crippen LogP contribution in [0.3, 0.4) is 0 Å². The number of aliphatic hydroxyl groups is 1. The summed E-state index contributed by atoms with van der Waals surface area (Å²) in [6.07, 6.45) is 4.89. The van der Waals surface area contributed by atoms with Crippen LogP contribution in [0.2, 0.25) is 0 Å². The van der Waals surface area contributed by atoms with Crippen LogP contribution in [0.15, 0.2) is 101 Å². The summed E-state index contributed by atoms with van der Waals surface area (Å²) in [4.78, 5) is 32.7. The van der Waals surface area contributed by atoms with Gasteiger partial charge in [-0.3, -0.25) is 14.6 Å². The Bertz CT molecular complexity index is 1520. The van der Waals surface area contributed by atoms with Crippen molar-refractivity contribution in [2.45, 2.75) is 12.6 Å². The van der Waals surface area contributed by atoms with Crippen molar-refractivity contribution in [2.75, 3.05) is 13.7 Å². The minimum Gasteiger partial charge on any atom is -0.503 e. The molecule has 2 aromatic heterocycles. The van der Waals surface area contributed by atoms with Crippen molar-refractivity contribution in [3.8, 4) is 11.5 Å². The molecule has 2 aromatic carbocycles. The summed E-state index contributed by atoms with van der Waals surface area (Å²) >= 11 is 0. The van der Waals surface area contributed by atoms with Gasteiger partial charge in [-0.2, -0.15) is 0 Å². The number of furan rings is 1. The molecule has 1 atom stereocenters. The molecule has 0 fully saturated rings. The number of hydrogen-bond donors (Lipinski definition) is 1. The Morgan fingerprint density at radius 3 is 2.78 bits per heavy atom. The second-order valence-corrected chi connectivity index (χ2v) is 8.45. The van der Waals surface area contributed by atoms with Crippen LogP contribution in [0.4, 0.5) is 0 Å². The van der Waals surface area contributed by atoms with Gasteiger partial charge < -0.3 is 23.9 Å². The number of pyridine rings is 1. The average Bonchev–Trinajstić information content (AvgIpc) is 3.47. The number of carbonyl (C=O) groups excluding carboxylic acids is 2. The molecule has 0 aliphatic carbocycles. The van der Waals surface area contributed by atoms with Gasteiger partial charge in [0.05, 0.1) is 18.7 Å². The third-order valence-corrected chi connectivity index (χ3v) is 6.12. The second-order valence-electron chi connectivity index (χ2n) is 8.45. The lowest BCUT2D eigenvalue weighted by Crippen LogP contribution is -2.30. The Morgan fingerprint density at radius 1 is 1.19 bits per heavy atom. The highest BCUT2D eigenvalue weighted by atomic mass is 16.5. The van der Waals surface area contributed by atoms with E-state index in [9.17, 15) is 14.7 Å². The SMILES string of the molecule is C=CCOc1cccc(C2C(C(=O)c3cc4cccc(OC)c4o3)=C(O)C(=O)N2Cc2cccnc2)c1. The predicted octanol–water partition coefficient (Wildman–Crippen LogP) is 5.18. The second kappa shape index (κ2) is 10.0. The van der Waals surface area contributed by atoms with Crippen molar-refractivity contribution in [3.63, 3.8) is 0 Å².